The van der Waals surface area contributed by atoms with Gasteiger partial charge in [-0.25, -0.2) is 23.1 Å². The lowest BCUT2D eigenvalue weighted by molar-refractivity contribution is -0.114. The molecule has 10 nitrogen and oxygen atoms in total. The minimum atomic E-state index is -0.908. The molecule has 4 aromatic rings. The highest BCUT2D eigenvalue weighted by Crippen LogP contribution is 2.35. The van der Waals surface area contributed by atoms with Gasteiger partial charge in [-0.1, -0.05) is 11.6 Å². The maximum Gasteiger partial charge on any atom is 0.335 e. The monoisotopic (exact) mass is 581 g/mol. The molecule has 0 saturated heterocycles. The van der Waals surface area contributed by atoms with E-state index in [4.69, 9.17) is 16.3 Å². The third kappa shape index (κ3) is 6.17. The number of nitrogens with zero attached hydrogens (tertiary/aromatic N) is 3. The first-order valence-corrected chi connectivity index (χ1v) is 12.8. The largest absolute Gasteiger partial charge is 0.453 e. The first-order valence-electron chi connectivity index (χ1n) is 12.4. The number of pyridine rings is 1. The van der Waals surface area contributed by atoms with Gasteiger partial charge in [-0.2, -0.15) is 0 Å². The van der Waals surface area contributed by atoms with Gasteiger partial charge >= 0.3 is 5.69 Å². The lowest BCUT2D eigenvalue weighted by Crippen LogP contribution is -2.42. The molecular weight excluding hydrogens is 560 g/mol. The van der Waals surface area contributed by atoms with Crippen LogP contribution in [0.2, 0.25) is 5.02 Å². The fourth-order valence-electron chi connectivity index (χ4n) is 4.02. The van der Waals surface area contributed by atoms with E-state index in [1.54, 1.807) is 0 Å². The van der Waals surface area contributed by atoms with Gasteiger partial charge in [0.25, 0.3) is 11.5 Å². The lowest BCUT2D eigenvalue weighted by Gasteiger charge is -2.14. The van der Waals surface area contributed by atoms with E-state index in [1.165, 1.54) is 54.2 Å². The number of hydrogen-bond acceptors (Lipinski definition) is 6. The SMILES string of the molecule is CC(=O)Nc1nccc(Oc2ccc(NC(=O)c3cn(CC4CC4)c(=O)n(-c4ccc(F)cc4)c3=O)cc2F)c1Cl. The molecule has 1 fully saturated rings. The van der Waals surface area contributed by atoms with Crippen molar-refractivity contribution in [2.24, 2.45) is 5.92 Å². The smallest absolute Gasteiger partial charge is 0.335 e. The second kappa shape index (κ2) is 11.3. The summed E-state index contributed by atoms with van der Waals surface area (Å²) in [5.74, 6) is -2.62. The summed E-state index contributed by atoms with van der Waals surface area (Å²) < 4.78 is 36.1. The minimum Gasteiger partial charge on any atom is -0.453 e. The summed E-state index contributed by atoms with van der Waals surface area (Å²) in [5, 5.41) is 4.86. The molecule has 1 saturated carbocycles. The van der Waals surface area contributed by atoms with Gasteiger partial charge in [-0.15, -0.1) is 0 Å². The van der Waals surface area contributed by atoms with E-state index in [0.29, 0.717) is 6.54 Å². The van der Waals surface area contributed by atoms with Crippen LogP contribution in [0, 0.1) is 17.6 Å². The summed E-state index contributed by atoms with van der Waals surface area (Å²) in [4.78, 5) is 54.8. The van der Waals surface area contributed by atoms with Crippen LogP contribution < -0.4 is 26.6 Å². The Kier molecular flexibility index (Phi) is 7.66. The number of aromatic nitrogens is 3. The van der Waals surface area contributed by atoms with Crippen LogP contribution in [0.15, 0.2) is 70.5 Å². The van der Waals surface area contributed by atoms with Crippen molar-refractivity contribution < 1.29 is 23.1 Å². The number of ether oxygens (including phenoxy) is 1. The first kappa shape index (κ1) is 27.7. The molecule has 2 N–H and O–H groups in total. The highest BCUT2D eigenvalue weighted by Gasteiger charge is 2.25. The molecule has 0 radical (unpaired) electrons. The van der Waals surface area contributed by atoms with E-state index in [9.17, 15) is 28.0 Å². The summed E-state index contributed by atoms with van der Waals surface area (Å²) in [6, 6.07) is 9.69. The molecule has 13 heteroatoms. The number of rotatable bonds is 8. The van der Waals surface area contributed by atoms with Crippen LogP contribution in [0.3, 0.4) is 0 Å². The fourth-order valence-corrected chi connectivity index (χ4v) is 4.22. The lowest BCUT2D eigenvalue weighted by atomic mass is 10.2. The average molecular weight is 582 g/mol. The average Bonchev–Trinajstić information content (AvgIpc) is 3.74. The minimum absolute atomic E-state index is 0.00675. The molecular formula is C28H22ClF2N5O5. The quantitative estimate of drug-likeness (QED) is 0.310. The molecule has 2 heterocycles. The second-order valence-electron chi connectivity index (χ2n) is 9.39. The molecule has 0 aliphatic heterocycles. The maximum absolute atomic E-state index is 14.9. The molecule has 1 aliphatic carbocycles. The zero-order chi connectivity index (χ0) is 29.3. The number of nitrogens with one attached hydrogen (secondary N) is 2. The standard InChI is InChI=1S/C28H22ClF2N5O5/c1-15(37)33-25-24(29)23(10-11-32-25)41-22-9-6-18(12-21(22)31)34-26(38)20-14-35(13-16-2-3-16)28(40)36(27(20)39)19-7-4-17(30)5-8-19/h4-12,14,16H,2-3,13H2,1H3,(H,34,38)(H,32,33,37). The van der Waals surface area contributed by atoms with Crippen molar-refractivity contribution >= 4 is 34.9 Å². The van der Waals surface area contributed by atoms with Gasteiger partial charge < -0.3 is 15.4 Å². The summed E-state index contributed by atoms with van der Waals surface area (Å²) in [6.45, 7) is 1.58. The van der Waals surface area contributed by atoms with Crippen molar-refractivity contribution in [2.45, 2.75) is 26.3 Å². The molecule has 0 unspecified atom stereocenters. The fraction of sp³-hybridized carbons (Fsp3) is 0.179. The Morgan fingerprint density at radius 2 is 1.78 bits per heavy atom. The van der Waals surface area contributed by atoms with Gasteiger partial charge in [0.05, 0.1) is 5.69 Å². The van der Waals surface area contributed by atoms with Crippen LogP contribution in [-0.4, -0.2) is 25.9 Å². The van der Waals surface area contributed by atoms with Crippen molar-refractivity contribution in [3.8, 4) is 17.2 Å². The van der Waals surface area contributed by atoms with E-state index < -0.39 is 34.7 Å². The van der Waals surface area contributed by atoms with Gasteiger partial charge in [-0.3, -0.25) is 19.0 Å². The van der Waals surface area contributed by atoms with Crippen molar-refractivity contribution in [3.05, 3.63) is 104 Å². The van der Waals surface area contributed by atoms with Crippen molar-refractivity contribution in [1.29, 1.82) is 0 Å². The van der Waals surface area contributed by atoms with Crippen LogP contribution in [0.4, 0.5) is 20.3 Å². The molecule has 0 atom stereocenters. The van der Waals surface area contributed by atoms with E-state index in [2.05, 4.69) is 15.6 Å². The van der Waals surface area contributed by atoms with Gasteiger partial charge in [0, 0.05) is 43.7 Å². The van der Waals surface area contributed by atoms with E-state index in [1.807, 2.05) is 0 Å². The first-order chi connectivity index (χ1) is 19.6. The van der Waals surface area contributed by atoms with Gasteiger partial charge in [-0.05, 0) is 55.2 Å². The van der Waals surface area contributed by atoms with E-state index in [0.717, 1.165) is 35.6 Å². The highest BCUT2D eigenvalue weighted by molar-refractivity contribution is 6.34. The zero-order valence-electron chi connectivity index (χ0n) is 21.5. The number of carbonyl (C=O) groups excluding carboxylic acids is 2. The predicted octanol–water partition coefficient (Wildman–Crippen LogP) is 4.74. The number of halogens is 3. The van der Waals surface area contributed by atoms with Gasteiger partial charge in [0.2, 0.25) is 5.91 Å². The molecule has 2 aromatic heterocycles. The zero-order valence-corrected chi connectivity index (χ0v) is 22.2. The Morgan fingerprint density at radius 3 is 2.44 bits per heavy atom. The third-order valence-electron chi connectivity index (χ3n) is 6.19. The molecule has 1 aliphatic rings. The normalized spacial score (nSPS) is 12.6. The molecule has 2 aromatic carbocycles. The number of hydrogen-bond donors (Lipinski definition) is 2. The van der Waals surface area contributed by atoms with Crippen molar-refractivity contribution in [2.75, 3.05) is 10.6 Å². The van der Waals surface area contributed by atoms with Crippen LogP contribution in [-0.2, 0) is 11.3 Å². The van der Waals surface area contributed by atoms with Gasteiger partial charge in [0.1, 0.15) is 16.4 Å². The van der Waals surface area contributed by atoms with Crippen molar-refractivity contribution in [3.63, 3.8) is 0 Å². The summed E-state index contributed by atoms with van der Waals surface area (Å²) in [5.41, 5.74) is -1.82. The molecule has 5 rings (SSSR count). The van der Waals surface area contributed by atoms with E-state index in [-0.39, 0.29) is 45.2 Å². The number of anilines is 2. The predicted molar refractivity (Wildman–Crippen MR) is 147 cm³/mol. The van der Waals surface area contributed by atoms with Crippen molar-refractivity contribution in [1.82, 2.24) is 14.1 Å². The summed E-state index contributed by atoms with van der Waals surface area (Å²) in [6.07, 6.45) is 4.33. The third-order valence-corrected chi connectivity index (χ3v) is 6.56. The Balaban J connectivity index is 1.42. The second-order valence-corrected chi connectivity index (χ2v) is 9.77. The Labute approximate surface area is 236 Å². The molecule has 0 bridgehead atoms. The van der Waals surface area contributed by atoms with E-state index >= 15 is 0 Å². The molecule has 210 valence electrons. The van der Waals surface area contributed by atoms with Crippen LogP contribution in [0.25, 0.3) is 5.69 Å². The van der Waals surface area contributed by atoms with Crippen LogP contribution >= 0.6 is 11.6 Å². The van der Waals surface area contributed by atoms with Crippen LogP contribution in [0.1, 0.15) is 30.1 Å². The Bertz CT molecular complexity index is 1780. The van der Waals surface area contributed by atoms with Crippen LogP contribution in [0.5, 0.6) is 11.5 Å². The number of carbonyl (C=O) groups is 2. The number of benzene rings is 2. The Hall–Kier alpha value is -4.84. The topological polar surface area (TPSA) is 124 Å². The van der Waals surface area contributed by atoms with Gasteiger partial charge in [0.15, 0.2) is 23.1 Å². The summed E-state index contributed by atoms with van der Waals surface area (Å²) >= 11 is 6.21. The maximum atomic E-state index is 14.9. The Morgan fingerprint density at radius 1 is 1.05 bits per heavy atom. The molecule has 0 spiro atoms. The molecule has 41 heavy (non-hydrogen) atoms. The summed E-state index contributed by atoms with van der Waals surface area (Å²) in [7, 11) is 0. The molecule has 2 amide bonds. The number of amides is 2. The highest BCUT2D eigenvalue weighted by atomic mass is 35.5.